The first-order valence-corrected chi connectivity index (χ1v) is 8.46. The smallest absolute Gasteiger partial charge is 0.234 e. The van der Waals surface area contributed by atoms with Crippen LogP contribution < -0.4 is 11.1 Å². The van der Waals surface area contributed by atoms with E-state index in [4.69, 9.17) is 5.73 Å². The maximum absolute atomic E-state index is 13.1. The molecule has 0 aliphatic carbocycles. The number of carbonyl (C=O) groups excluding carboxylic acids is 2. The second kappa shape index (κ2) is 8.24. The van der Waals surface area contributed by atoms with Crippen molar-refractivity contribution in [2.75, 3.05) is 13.1 Å². The minimum Gasteiger partial charge on any atom is -0.368 e. The van der Waals surface area contributed by atoms with E-state index in [2.05, 4.69) is 5.32 Å². The number of hydrogen-bond acceptors (Lipinski definition) is 3. The van der Waals surface area contributed by atoms with E-state index in [9.17, 15) is 14.0 Å². The van der Waals surface area contributed by atoms with E-state index in [1.54, 1.807) is 12.1 Å². The van der Waals surface area contributed by atoms with Crippen molar-refractivity contribution in [1.29, 1.82) is 0 Å². The fourth-order valence-electron chi connectivity index (χ4n) is 3.21. The average molecular weight is 335 g/mol. The number of piperidine rings is 1. The molecular formula is C18H26FN3O2. The van der Waals surface area contributed by atoms with Crippen molar-refractivity contribution < 1.29 is 14.0 Å². The summed E-state index contributed by atoms with van der Waals surface area (Å²) in [6.07, 6.45) is 2.62. The molecule has 0 aromatic heterocycles. The van der Waals surface area contributed by atoms with E-state index in [1.807, 2.05) is 18.7 Å². The van der Waals surface area contributed by atoms with Crippen LogP contribution in [0.1, 0.15) is 44.7 Å². The van der Waals surface area contributed by atoms with Crippen molar-refractivity contribution in [1.82, 2.24) is 10.2 Å². The summed E-state index contributed by atoms with van der Waals surface area (Å²) in [5, 5.41) is 3.00. The Labute approximate surface area is 142 Å². The highest BCUT2D eigenvalue weighted by molar-refractivity contribution is 5.82. The number of halogens is 1. The topological polar surface area (TPSA) is 75.4 Å². The lowest BCUT2D eigenvalue weighted by molar-refractivity contribution is -0.128. The normalized spacial score (nSPS) is 19.9. The predicted molar refractivity (Wildman–Crippen MR) is 90.5 cm³/mol. The van der Waals surface area contributed by atoms with Crippen LogP contribution in [0.15, 0.2) is 24.3 Å². The second-order valence-corrected chi connectivity index (χ2v) is 6.73. The third-order valence-corrected chi connectivity index (χ3v) is 4.50. The van der Waals surface area contributed by atoms with E-state index in [1.165, 1.54) is 12.1 Å². The van der Waals surface area contributed by atoms with Gasteiger partial charge in [-0.3, -0.25) is 14.5 Å². The number of nitrogens with one attached hydrogen (secondary N) is 1. The summed E-state index contributed by atoms with van der Waals surface area (Å²) >= 11 is 0. The van der Waals surface area contributed by atoms with Gasteiger partial charge in [0.1, 0.15) is 5.82 Å². The fourth-order valence-corrected chi connectivity index (χ4v) is 3.21. The Balaban J connectivity index is 2.02. The molecule has 0 unspecified atom stereocenters. The van der Waals surface area contributed by atoms with E-state index in [0.717, 1.165) is 18.4 Å². The van der Waals surface area contributed by atoms with Crippen LogP contribution in [-0.4, -0.2) is 35.8 Å². The van der Waals surface area contributed by atoms with E-state index in [0.29, 0.717) is 13.0 Å². The van der Waals surface area contributed by atoms with Gasteiger partial charge in [0.05, 0.1) is 18.6 Å². The van der Waals surface area contributed by atoms with Gasteiger partial charge in [0, 0.05) is 0 Å². The molecule has 1 fully saturated rings. The number of nitrogens with zero attached hydrogens (tertiary/aromatic N) is 1. The van der Waals surface area contributed by atoms with Crippen LogP contribution >= 0.6 is 0 Å². The number of nitrogens with two attached hydrogens (primary N) is 1. The lowest BCUT2D eigenvalue weighted by atomic mass is 9.96. The molecule has 1 aliphatic heterocycles. The summed E-state index contributed by atoms with van der Waals surface area (Å²) in [6.45, 7) is 4.85. The molecule has 2 atom stereocenters. The summed E-state index contributed by atoms with van der Waals surface area (Å²) < 4.78 is 13.1. The van der Waals surface area contributed by atoms with E-state index >= 15 is 0 Å². The first-order chi connectivity index (χ1) is 11.4. The monoisotopic (exact) mass is 335 g/mol. The van der Waals surface area contributed by atoms with Crippen molar-refractivity contribution in [2.24, 2.45) is 11.7 Å². The zero-order chi connectivity index (χ0) is 17.7. The highest BCUT2D eigenvalue weighted by Gasteiger charge is 2.29. The Morgan fingerprint density at radius 2 is 1.96 bits per heavy atom. The molecule has 1 heterocycles. The van der Waals surface area contributed by atoms with Gasteiger partial charge in [-0.25, -0.2) is 4.39 Å². The molecule has 0 radical (unpaired) electrons. The van der Waals surface area contributed by atoms with Gasteiger partial charge in [-0.1, -0.05) is 32.4 Å². The molecule has 1 saturated heterocycles. The van der Waals surface area contributed by atoms with Crippen molar-refractivity contribution in [3.05, 3.63) is 35.6 Å². The van der Waals surface area contributed by atoms with Crippen LogP contribution in [0.3, 0.4) is 0 Å². The van der Waals surface area contributed by atoms with Crippen molar-refractivity contribution in [2.45, 2.75) is 45.2 Å². The number of rotatable bonds is 6. The van der Waals surface area contributed by atoms with Crippen molar-refractivity contribution >= 4 is 11.8 Å². The van der Waals surface area contributed by atoms with Gasteiger partial charge in [-0.15, -0.1) is 0 Å². The molecule has 1 aliphatic rings. The Hall–Kier alpha value is -1.95. The average Bonchev–Trinajstić information content (AvgIpc) is 2.53. The predicted octanol–water partition coefficient (Wildman–Crippen LogP) is 1.98. The summed E-state index contributed by atoms with van der Waals surface area (Å²) in [7, 11) is 0. The number of primary amides is 1. The molecule has 2 amide bonds. The Morgan fingerprint density at radius 1 is 1.29 bits per heavy atom. The molecule has 0 bridgehead atoms. The summed E-state index contributed by atoms with van der Waals surface area (Å²) in [4.78, 5) is 25.8. The van der Waals surface area contributed by atoms with E-state index in [-0.39, 0.29) is 42.2 Å². The first-order valence-electron chi connectivity index (χ1n) is 8.46. The lowest BCUT2D eigenvalue weighted by Gasteiger charge is -2.33. The Kier molecular flexibility index (Phi) is 6.31. The molecule has 24 heavy (non-hydrogen) atoms. The van der Waals surface area contributed by atoms with Gasteiger partial charge < -0.3 is 11.1 Å². The van der Waals surface area contributed by atoms with Gasteiger partial charge in [0.15, 0.2) is 0 Å². The summed E-state index contributed by atoms with van der Waals surface area (Å²) in [5.74, 6) is -0.662. The van der Waals surface area contributed by atoms with Crippen LogP contribution in [0.2, 0.25) is 0 Å². The molecule has 0 spiro atoms. The SMILES string of the molecule is CC(C)[C@H](NC(=O)CN1CCCC[C@H]1C(N)=O)c1ccc(F)cc1. The molecular weight excluding hydrogens is 309 g/mol. The zero-order valence-electron chi connectivity index (χ0n) is 14.3. The van der Waals surface area contributed by atoms with Crippen LogP contribution in [0.4, 0.5) is 4.39 Å². The van der Waals surface area contributed by atoms with Gasteiger partial charge in [0.25, 0.3) is 0 Å². The van der Waals surface area contributed by atoms with Gasteiger partial charge in [0.2, 0.25) is 11.8 Å². The quantitative estimate of drug-likeness (QED) is 0.835. The van der Waals surface area contributed by atoms with Crippen LogP contribution in [-0.2, 0) is 9.59 Å². The number of amides is 2. The Bertz CT molecular complexity index is 574. The zero-order valence-corrected chi connectivity index (χ0v) is 14.3. The van der Waals surface area contributed by atoms with Gasteiger partial charge in [-0.2, -0.15) is 0 Å². The maximum Gasteiger partial charge on any atom is 0.234 e. The van der Waals surface area contributed by atoms with Crippen LogP contribution in [0.25, 0.3) is 0 Å². The molecule has 2 rings (SSSR count). The Morgan fingerprint density at radius 3 is 2.54 bits per heavy atom. The largest absolute Gasteiger partial charge is 0.368 e. The molecule has 6 heteroatoms. The highest BCUT2D eigenvalue weighted by Crippen LogP contribution is 2.22. The third kappa shape index (κ3) is 4.77. The molecule has 132 valence electrons. The molecule has 1 aromatic rings. The second-order valence-electron chi connectivity index (χ2n) is 6.73. The minimum atomic E-state index is -0.374. The fraction of sp³-hybridized carbons (Fsp3) is 0.556. The van der Waals surface area contributed by atoms with Gasteiger partial charge >= 0.3 is 0 Å². The summed E-state index contributed by atoms with van der Waals surface area (Å²) in [5.41, 5.74) is 6.31. The molecule has 1 aromatic carbocycles. The third-order valence-electron chi connectivity index (χ3n) is 4.50. The molecule has 5 nitrogen and oxygen atoms in total. The number of carbonyl (C=O) groups is 2. The summed E-state index contributed by atoms with van der Waals surface area (Å²) in [6, 6.07) is 5.60. The van der Waals surface area contributed by atoms with Crippen LogP contribution in [0, 0.1) is 11.7 Å². The van der Waals surface area contributed by atoms with Crippen LogP contribution in [0.5, 0.6) is 0 Å². The van der Waals surface area contributed by atoms with Gasteiger partial charge in [-0.05, 0) is 43.0 Å². The number of hydrogen-bond donors (Lipinski definition) is 2. The van der Waals surface area contributed by atoms with Crippen molar-refractivity contribution in [3.8, 4) is 0 Å². The lowest BCUT2D eigenvalue weighted by Crippen LogP contribution is -2.51. The van der Waals surface area contributed by atoms with Crippen molar-refractivity contribution in [3.63, 3.8) is 0 Å². The van der Waals surface area contributed by atoms with E-state index < -0.39 is 0 Å². The maximum atomic E-state index is 13.1. The standard InChI is InChI=1S/C18H26FN3O2/c1-12(2)17(13-6-8-14(19)9-7-13)21-16(23)11-22-10-4-3-5-15(22)18(20)24/h6-9,12,15,17H,3-5,10-11H2,1-2H3,(H2,20,24)(H,21,23)/t15-,17-/m0/s1. The first kappa shape index (κ1) is 18.4. The molecule has 0 saturated carbocycles. The highest BCUT2D eigenvalue weighted by atomic mass is 19.1. The molecule has 3 N–H and O–H groups in total. The number of benzene rings is 1. The number of likely N-dealkylation sites (tertiary alicyclic amines) is 1. The minimum absolute atomic E-state index is 0.147.